The van der Waals surface area contributed by atoms with Crippen molar-refractivity contribution in [2.75, 3.05) is 13.7 Å². The molecule has 2 aromatic rings. The Morgan fingerprint density at radius 1 is 1.41 bits per heavy atom. The number of nitrogens with zero attached hydrogens (tertiary/aromatic N) is 2. The highest BCUT2D eigenvalue weighted by atomic mass is 32.1. The highest BCUT2D eigenvalue weighted by molar-refractivity contribution is 7.11. The lowest BCUT2D eigenvalue weighted by Gasteiger charge is -2.10. The van der Waals surface area contributed by atoms with Crippen molar-refractivity contribution in [1.82, 2.24) is 4.98 Å². The summed E-state index contributed by atoms with van der Waals surface area (Å²) in [5.41, 5.74) is 2.34. The summed E-state index contributed by atoms with van der Waals surface area (Å²) in [5.74, 6) is 1.37. The summed E-state index contributed by atoms with van der Waals surface area (Å²) in [6.45, 7) is 4.62. The third-order valence-electron chi connectivity index (χ3n) is 2.93. The second-order valence-electron chi connectivity index (χ2n) is 4.72. The fraction of sp³-hybridized carbons (Fsp3) is 0.294. The molecule has 0 N–H and O–H groups in total. The van der Waals surface area contributed by atoms with Gasteiger partial charge in [-0.1, -0.05) is 13.0 Å². The van der Waals surface area contributed by atoms with E-state index in [4.69, 9.17) is 9.47 Å². The number of allylic oxidation sites excluding steroid dienone is 1. The van der Waals surface area contributed by atoms with Crippen LogP contribution in [0.4, 0.5) is 0 Å². The molecule has 5 heteroatoms. The molecule has 22 heavy (non-hydrogen) atoms. The van der Waals surface area contributed by atoms with E-state index in [-0.39, 0.29) is 0 Å². The summed E-state index contributed by atoms with van der Waals surface area (Å²) in [6.07, 6.45) is 2.75. The normalized spacial score (nSPS) is 11.1. The van der Waals surface area contributed by atoms with Crippen LogP contribution in [0.1, 0.15) is 29.6 Å². The van der Waals surface area contributed by atoms with Crippen molar-refractivity contribution in [2.24, 2.45) is 0 Å². The van der Waals surface area contributed by atoms with Gasteiger partial charge in [-0.05, 0) is 37.1 Å². The number of methoxy groups -OCH3 is 1. The number of aromatic nitrogens is 1. The van der Waals surface area contributed by atoms with E-state index in [2.05, 4.69) is 18.0 Å². The maximum Gasteiger partial charge on any atom is 0.161 e. The van der Waals surface area contributed by atoms with E-state index in [9.17, 15) is 5.26 Å². The number of ether oxygens (including phenoxy) is 2. The van der Waals surface area contributed by atoms with Crippen molar-refractivity contribution in [3.63, 3.8) is 0 Å². The molecule has 0 saturated carbocycles. The van der Waals surface area contributed by atoms with Gasteiger partial charge in [0.05, 0.1) is 19.3 Å². The van der Waals surface area contributed by atoms with Gasteiger partial charge >= 0.3 is 0 Å². The van der Waals surface area contributed by atoms with Gasteiger partial charge in [-0.15, -0.1) is 11.3 Å². The molecule has 0 aliphatic rings. The second kappa shape index (κ2) is 7.62. The number of hydrogen-bond donors (Lipinski definition) is 0. The second-order valence-corrected chi connectivity index (χ2v) is 5.58. The van der Waals surface area contributed by atoms with Gasteiger partial charge in [-0.2, -0.15) is 5.26 Å². The summed E-state index contributed by atoms with van der Waals surface area (Å²) in [7, 11) is 1.61. The Morgan fingerprint density at radius 2 is 2.23 bits per heavy atom. The van der Waals surface area contributed by atoms with Gasteiger partial charge in [0.15, 0.2) is 11.5 Å². The fourth-order valence-electron chi connectivity index (χ4n) is 1.89. The van der Waals surface area contributed by atoms with Gasteiger partial charge in [-0.3, -0.25) is 0 Å². The Morgan fingerprint density at radius 3 is 2.82 bits per heavy atom. The van der Waals surface area contributed by atoms with Crippen LogP contribution in [0, 0.1) is 18.3 Å². The molecule has 0 bridgehead atoms. The minimum atomic E-state index is 0.544. The summed E-state index contributed by atoms with van der Waals surface area (Å²) >= 11 is 1.47. The third-order valence-corrected chi connectivity index (χ3v) is 3.92. The number of rotatable bonds is 6. The highest BCUT2D eigenvalue weighted by Crippen LogP contribution is 2.30. The van der Waals surface area contributed by atoms with E-state index in [0.29, 0.717) is 23.7 Å². The molecular formula is C17H18N2O2S. The van der Waals surface area contributed by atoms with Crippen molar-refractivity contribution in [1.29, 1.82) is 5.26 Å². The third kappa shape index (κ3) is 3.86. The van der Waals surface area contributed by atoms with Crippen LogP contribution in [-0.2, 0) is 0 Å². The summed E-state index contributed by atoms with van der Waals surface area (Å²) in [4.78, 5) is 4.35. The van der Waals surface area contributed by atoms with Crippen LogP contribution in [0.25, 0.3) is 11.6 Å². The van der Waals surface area contributed by atoms with E-state index in [1.807, 2.05) is 36.6 Å². The topological polar surface area (TPSA) is 55.1 Å². The van der Waals surface area contributed by atoms with E-state index in [1.54, 1.807) is 7.11 Å². The van der Waals surface area contributed by atoms with Gasteiger partial charge < -0.3 is 9.47 Å². The molecule has 2 rings (SSSR count). The van der Waals surface area contributed by atoms with Gasteiger partial charge in [-0.25, -0.2) is 4.98 Å². The molecule has 0 aliphatic heterocycles. The van der Waals surface area contributed by atoms with Gasteiger partial charge in [0.1, 0.15) is 11.1 Å². The van der Waals surface area contributed by atoms with Crippen LogP contribution in [0.3, 0.4) is 0 Å². The first-order valence-electron chi connectivity index (χ1n) is 7.03. The predicted molar refractivity (Wildman–Crippen MR) is 89.1 cm³/mol. The lowest BCUT2D eigenvalue weighted by molar-refractivity contribution is 0.294. The summed E-state index contributed by atoms with van der Waals surface area (Å²) < 4.78 is 11.0. The number of nitriles is 1. The summed E-state index contributed by atoms with van der Waals surface area (Å²) in [6, 6.07) is 7.84. The minimum Gasteiger partial charge on any atom is -0.493 e. The van der Waals surface area contributed by atoms with Crippen molar-refractivity contribution in [3.05, 3.63) is 39.8 Å². The molecule has 4 nitrogen and oxygen atoms in total. The largest absolute Gasteiger partial charge is 0.493 e. The van der Waals surface area contributed by atoms with Crippen LogP contribution in [-0.4, -0.2) is 18.7 Å². The molecule has 1 aromatic carbocycles. The first kappa shape index (κ1) is 16.1. The fourth-order valence-corrected chi connectivity index (χ4v) is 2.65. The predicted octanol–water partition coefficient (Wildman–Crippen LogP) is 4.31. The number of thiazole rings is 1. The lowest BCUT2D eigenvalue weighted by atomic mass is 10.1. The SMILES string of the molecule is CCCOc1ccc(/C=C(\C#N)c2nc(C)cs2)cc1OC. The van der Waals surface area contributed by atoms with Crippen molar-refractivity contribution in [3.8, 4) is 17.6 Å². The standard InChI is InChI=1S/C17H18N2O2S/c1-4-7-21-15-6-5-13(9-16(15)20-3)8-14(10-18)17-19-12(2)11-22-17/h5-6,8-9,11H,4,7H2,1-3H3/b14-8+. The zero-order valence-corrected chi connectivity index (χ0v) is 13.7. The van der Waals surface area contributed by atoms with Crippen LogP contribution >= 0.6 is 11.3 Å². The molecule has 0 unspecified atom stereocenters. The first-order valence-corrected chi connectivity index (χ1v) is 7.91. The Bertz CT molecular complexity index is 714. The average Bonchev–Trinajstić information content (AvgIpc) is 2.97. The zero-order chi connectivity index (χ0) is 15.9. The van der Waals surface area contributed by atoms with Gasteiger partial charge in [0, 0.05) is 11.1 Å². The van der Waals surface area contributed by atoms with Crippen molar-refractivity contribution >= 4 is 23.0 Å². The Labute approximate surface area is 134 Å². The first-order chi connectivity index (χ1) is 10.7. The van der Waals surface area contributed by atoms with Crippen LogP contribution < -0.4 is 9.47 Å². The van der Waals surface area contributed by atoms with Crippen LogP contribution in [0.15, 0.2) is 23.6 Å². The van der Waals surface area contributed by atoms with Gasteiger partial charge in [0.2, 0.25) is 0 Å². The molecular weight excluding hydrogens is 296 g/mol. The molecule has 1 aromatic heterocycles. The maximum absolute atomic E-state index is 9.34. The molecule has 0 atom stereocenters. The molecule has 0 fully saturated rings. The van der Waals surface area contributed by atoms with Crippen molar-refractivity contribution in [2.45, 2.75) is 20.3 Å². The zero-order valence-electron chi connectivity index (χ0n) is 12.9. The Hall–Kier alpha value is -2.32. The van der Waals surface area contributed by atoms with E-state index >= 15 is 0 Å². The number of benzene rings is 1. The molecule has 0 spiro atoms. The van der Waals surface area contributed by atoms with E-state index in [0.717, 1.165) is 22.7 Å². The summed E-state index contributed by atoms with van der Waals surface area (Å²) in [5, 5.41) is 12.0. The number of aryl methyl sites for hydroxylation is 1. The van der Waals surface area contributed by atoms with Crippen LogP contribution in [0.2, 0.25) is 0 Å². The Kier molecular flexibility index (Phi) is 5.56. The van der Waals surface area contributed by atoms with Crippen LogP contribution in [0.5, 0.6) is 11.5 Å². The average molecular weight is 314 g/mol. The Balaban J connectivity index is 2.32. The van der Waals surface area contributed by atoms with E-state index in [1.165, 1.54) is 11.3 Å². The van der Waals surface area contributed by atoms with Gasteiger partial charge in [0.25, 0.3) is 0 Å². The molecule has 0 aliphatic carbocycles. The highest BCUT2D eigenvalue weighted by Gasteiger charge is 2.08. The minimum absolute atomic E-state index is 0.544. The number of hydrogen-bond acceptors (Lipinski definition) is 5. The molecule has 114 valence electrons. The quantitative estimate of drug-likeness (QED) is 0.745. The molecule has 0 saturated heterocycles. The monoisotopic (exact) mass is 314 g/mol. The molecule has 0 radical (unpaired) electrons. The maximum atomic E-state index is 9.34. The molecule has 1 heterocycles. The lowest BCUT2D eigenvalue weighted by Crippen LogP contribution is -1.97. The van der Waals surface area contributed by atoms with Crippen molar-refractivity contribution < 1.29 is 9.47 Å². The van der Waals surface area contributed by atoms with E-state index < -0.39 is 0 Å². The smallest absolute Gasteiger partial charge is 0.161 e. The molecule has 0 amide bonds.